The Hall–Kier alpha value is -1.71. The normalized spacial score (nSPS) is 11.7. The van der Waals surface area contributed by atoms with E-state index in [-0.39, 0.29) is 12.6 Å². The molecule has 0 saturated heterocycles. The molecule has 0 amide bonds. The topological polar surface area (TPSA) is 26.3 Å². The smallest absolute Gasteiger partial charge is 0.333 e. The molecule has 0 atom stereocenters. The number of carbonyl (C=O) groups excluding carboxylic acids is 1. The molecule has 0 radical (unpaired) electrons. The number of rotatable bonds is 6. The monoisotopic (exact) mass is 334 g/mol. The largest absolute Gasteiger partial charge is 0.461 e. The summed E-state index contributed by atoms with van der Waals surface area (Å²) in [6.07, 6.45) is 0. The number of carbonyl (C=O) groups is 1. The summed E-state index contributed by atoms with van der Waals surface area (Å²) in [5, 5.41) is 0. The summed E-state index contributed by atoms with van der Waals surface area (Å²) in [6, 6.07) is 19.9. The molecule has 0 aromatic heterocycles. The average Bonchev–Trinajstić information content (AvgIpc) is 2.56. The van der Waals surface area contributed by atoms with Crippen LogP contribution in [-0.2, 0) is 9.53 Å². The SMILES string of the molecule is C=C(C)C(=O)OCCS(Cl)(c1ccccc1)c1ccccc1. The van der Waals surface area contributed by atoms with Crippen LogP contribution in [0.25, 0.3) is 0 Å². The molecule has 2 aromatic carbocycles. The zero-order valence-corrected chi connectivity index (χ0v) is 14.1. The Morgan fingerprint density at radius 2 is 1.50 bits per heavy atom. The first-order valence-corrected chi connectivity index (χ1v) is 9.60. The second-order valence-corrected chi connectivity index (χ2v) is 9.14. The lowest BCUT2D eigenvalue weighted by Gasteiger charge is -2.33. The Morgan fingerprint density at radius 1 is 1.05 bits per heavy atom. The van der Waals surface area contributed by atoms with Gasteiger partial charge in [0.25, 0.3) is 0 Å². The van der Waals surface area contributed by atoms with Crippen LogP contribution in [0, 0.1) is 0 Å². The first-order chi connectivity index (χ1) is 10.5. The highest BCUT2D eigenvalue weighted by Crippen LogP contribution is 2.66. The molecule has 0 N–H and O–H groups in total. The van der Waals surface area contributed by atoms with Gasteiger partial charge in [-0.3, -0.25) is 0 Å². The molecule has 0 aliphatic carbocycles. The molecule has 0 unspecified atom stereocenters. The number of hydrogen-bond donors (Lipinski definition) is 0. The summed E-state index contributed by atoms with van der Waals surface area (Å²) in [4.78, 5) is 13.7. The summed E-state index contributed by atoms with van der Waals surface area (Å²) in [6.45, 7) is 5.49. The number of esters is 1. The maximum Gasteiger partial charge on any atom is 0.333 e. The zero-order valence-electron chi connectivity index (χ0n) is 12.5. The molecule has 2 aromatic rings. The third kappa shape index (κ3) is 3.93. The van der Waals surface area contributed by atoms with Gasteiger partial charge in [-0.2, -0.15) is 0 Å². The van der Waals surface area contributed by atoms with Gasteiger partial charge in [0, 0.05) is 21.1 Å². The van der Waals surface area contributed by atoms with Crippen LogP contribution in [0.15, 0.2) is 82.6 Å². The third-order valence-corrected chi connectivity index (χ3v) is 7.48. The van der Waals surface area contributed by atoms with E-state index >= 15 is 0 Å². The summed E-state index contributed by atoms with van der Waals surface area (Å²) in [5.41, 5.74) is 0.398. The van der Waals surface area contributed by atoms with Crippen molar-refractivity contribution in [2.75, 3.05) is 12.4 Å². The first-order valence-electron chi connectivity index (χ1n) is 6.97. The van der Waals surface area contributed by atoms with Crippen molar-refractivity contribution >= 4 is 25.9 Å². The minimum absolute atomic E-state index is 0.272. The summed E-state index contributed by atoms with van der Waals surface area (Å²) >= 11 is 0. The van der Waals surface area contributed by atoms with E-state index in [0.29, 0.717) is 11.3 Å². The van der Waals surface area contributed by atoms with Crippen LogP contribution in [0.3, 0.4) is 0 Å². The Balaban J connectivity index is 2.23. The van der Waals surface area contributed by atoms with Crippen molar-refractivity contribution in [1.82, 2.24) is 0 Å². The van der Waals surface area contributed by atoms with E-state index in [4.69, 9.17) is 15.4 Å². The predicted molar refractivity (Wildman–Crippen MR) is 93.5 cm³/mol. The molecule has 0 bridgehead atoms. The van der Waals surface area contributed by atoms with Crippen molar-refractivity contribution in [3.63, 3.8) is 0 Å². The zero-order chi connectivity index (χ0) is 16.0. The molecule has 2 rings (SSSR count). The van der Waals surface area contributed by atoms with Crippen molar-refractivity contribution < 1.29 is 9.53 Å². The molecule has 116 valence electrons. The summed E-state index contributed by atoms with van der Waals surface area (Å²) < 4.78 is 5.24. The van der Waals surface area contributed by atoms with Crippen molar-refractivity contribution in [2.45, 2.75) is 16.7 Å². The van der Waals surface area contributed by atoms with Crippen LogP contribution >= 0.6 is 19.9 Å². The third-order valence-electron chi connectivity index (χ3n) is 3.18. The van der Waals surface area contributed by atoms with E-state index in [1.807, 2.05) is 60.7 Å². The van der Waals surface area contributed by atoms with Crippen molar-refractivity contribution in [2.24, 2.45) is 0 Å². The number of halogens is 1. The fraction of sp³-hybridized carbons (Fsp3) is 0.167. The molecule has 0 saturated carbocycles. The van der Waals surface area contributed by atoms with Gasteiger partial charge in [-0.25, -0.2) is 4.79 Å². The van der Waals surface area contributed by atoms with Crippen molar-refractivity contribution in [3.05, 3.63) is 72.8 Å². The van der Waals surface area contributed by atoms with E-state index in [1.54, 1.807) is 6.92 Å². The molecule has 0 aliphatic heterocycles. The average molecular weight is 335 g/mol. The molecule has 0 aliphatic rings. The van der Waals surface area contributed by atoms with Gasteiger partial charge in [-0.1, -0.05) is 53.7 Å². The Bertz CT molecular complexity index is 601. The summed E-state index contributed by atoms with van der Waals surface area (Å²) in [7, 11) is 5.27. The van der Waals surface area contributed by atoms with Crippen LogP contribution < -0.4 is 0 Å². The quantitative estimate of drug-likeness (QED) is 0.537. The Kier molecular flexibility index (Phi) is 5.69. The van der Waals surface area contributed by atoms with Gasteiger partial charge in [-0.15, -0.1) is 9.24 Å². The molecular weight excluding hydrogens is 316 g/mol. The number of benzene rings is 2. The van der Waals surface area contributed by atoms with Gasteiger partial charge in [-0.05, 0) is 31.2 Å². The fourth-order valence-corrected chi connectivity index (χ4v) is 5.06. The lowest BCUT2D eigenvalue weighted by Crippen LogP contribution is -2.12. The molecule has 2 nitrogen and oxygen atoms in total. The number of ether oxygens (including phenoxy) is 1. The van der Waals surface area contributed by atoms with Crippen molar-refractivity contribution in [3.8, 4) is 0 Å². The van der Waals surface area contributed by atoms with Crippen LogP contribution in [-0.4, -0.2) is 18.3 Å². The second-order valence-electron chi connectivity index (χ2n) is 4.90. The molecule has 0 heterocycles. The molecule has 0 fully saturated rings. The maximum atomic E-state index is 11.5. The highest BCUT2D eigenvalue weighted by atomic mass is 35.7. The molecule has 0 spiro atoms. The molecule has 4 heteroatoms. The van der Waals surface area contributed by atoms with E-state index in [1.165, 1.54) is 0 Å². The van der Waals surface area contributed by atoms with Crippen LogP contribution in [0.5, 0.6) is 0 Å². The molecular formula is C18H19ClO2S. The van der Waals surface area contributed by atoms with Gasteiger partial charge < -0.3 is 4.74 Å². The van der Waals surface area contributed by atoms with E-state index in [2.05, 4.69) is 6.58 Å². The van der Waals surface area contributed by atoms with Crippen LogP contribution in [0.4, 0.5) is 0 Å². The van der Waals surface area contributed by atoms with Crippen molar-refractivity contribution in [1.29, 1.82) is 0 Å². The van der Waals surface area contributed by atoms with Gasteiger partial charge in [0.1, 0.15) is 6.61 Å². The number of hydrogen-bond acceptors (Lipinski definition) is 2. The fourth-order valence-electron chi connectivity index (χ4n) is 2.02. The molecule has 22 heavy (non-hydrogen) atoms. The highest BCUT2D eigenvalue weighted by Gasteiger charge is 2.26. The minimum Gasteiger partial charge on any atom is -0.461 e. The van der Waals surface area contributed by atoms with E-state index < -0.39 is 9.24 Å². The van der Waals surface area contributed by atoms with E-state index in [9.17, 15) is 4.79 Å². The van der Waals surface area contributed by atoms with Gasteiger partial charge in [0.15, 0.2) is 0 Å². The Labute approximate surface area is 137 Å². The first kappa shape index (κ1) is 16.7. The lowest BCUT2D eigenvalue weighted by molar-refractivity contribution is -0.138. The van der Waals surface area contributed by atoms with Crippen LogP contribution in [0.2, 0.25) is 0 Å². The van der Waals surface area contributed by atoms with Gasteiger partial charge >= 0.3 is 5.97 Å². The highest BCUT2D eigenvalue weighted by molar-refractivity contribution is 8.51. The Morgan fingerprint density at radius 3 is 1.91 bits per heavy atom. The predicted octanol–water partition coefficient (Wildman–Crippen LogP) is 5.18. The minimum atomic E-state index is -1.75. The standard InChI is InChI=1S/C18H19ClO2S/c1-15(2)18(20)21-13-14-22(19,16-9-5-3-6-10-16)17-11-7-4-8-12-17/h3-12H,1,13-14H2,2H3. The van der Waals surface area contributed by atoms with Crippen LogP contribution in [0.1, 0.15) is 6.92 Å². The maximum absolute atomic E-state index is 11.5. The lowest BCUT2D eigenvalue weighted by atomic mass is 10.4. The second kappa shape index (κ2) is 7.52. The van der Waals surface area contributed by atoms with Gasteiger partial charge in [0.05, 0.1) is 0 Å². The van der Waals surface area contributed by atoms with E-state index in [0.717, 1.165) is 9.79 Å². The summed E-state index contributed by atoms with van der Waals surface area (Å²) in [5.74, 6) is 0.196. The van der Waals surface area contributed by atoms with Gasteiger partial charge in [0.2, 0.25) is 0 Å².